The lowest BCUT2D eigenvalue weighted by Crippen LogP contribution is -2.51. The van der Waals surface area contributed by atoms with Crippen LogP contribution >= 0.6 is 0 Å². The van der Waals surface area contributed by atoms with Crippen molar-refractivity contribution in [1.29, 1.82) is 10.7 Å². The van der Waals surface area contributed by atoms with Crippen LogP contribution in [0.3, 0.4) is 0 Å². The van der Waals surface area contributed by atoms with Crippen LogP contribution in [0, 0.1) is 22.7 Å². The van der Waals surface area contributed by atoms with E-state index in [-0.39, 0.29) is 29.7 Å². The molecule has 0 unspecified atom stereocenters. The molecular formula is C28H30F3N7O2. The van der Waals surface area contributed by atoms with Crippen molar-refractivity contribution in [3.05, 3.63) is 65.5 Å². The number of amides is 2. The maximum atomic E-state index is 12.8. The first-order valence-electron chi connectivity index (χ1n) is 12.9. The van der Waals surface area contributed by atoms with Gasteiger partial charge in [0.25, 0.3) is 5.91 Å². The Hall–Kier alpha value is -4.24. The largest absolute Gasteiger partial charge is 0.416 e. The van der Waals surface area contributed by atoms with Crippen molar-refractivity contribution >= 4 is 17.6 Å². The molecule has 0 spiro atoms. The van der Waals surface area contributed by atoms with Gasteiger partial charge < -0.3 is 16.4 Å². The molecule has 1 saturated heterocycles. The molecule has 2 heterocycles. The van der Waals surface area contributed by atoms with Gasteiger partial charge in [-0.3, -0.25) is 24.9 Å². The molecule has 1 aromatic heterocycles. The fraction of sp³-hybridized carbons (Fsp3) is 0.393. The second-order valence-corrected chi connectivity index (χ2v) is 10.2. The molecule has 4 rings (SSSR count). The van der Waals surface area contributed by atoms with Crippen molar-refractivity contribution in [3.63, 3.8) is 0 Å². The summed E-state index contributed by atoms with van der Waals surface area (Å²) >= 11 is 0. The van der Waals surface area contributed by atoms with Crippen molar-refractivity contribution in [2.75, 3.05) is 13.1 Å². The molecule has 9 nitrogen and oxygen atoms in total. The molecule has 210 valence electrons. The van der Waals surface area contributed by atoms with Crippen molar-refractivity contribution < 1.29 is 22.8 Å². The Morgan fingerprint density at radius 1 is 1.18 bits per heavy atom. The van der Waals surface area contributed by atoms with E-state index in [9.17, 15) is 28.0 Å². The number of nitrogens with one attached hydrogen (secondary N) is 3. The van der Waals surface area contributed by atoms with Gasteiger partial charge in [-0.2, -0.15) is 18.4 Å². The number of hydrogen-bond acceptors (Lipinski definition) is 7. The maximum Gasteiger partial charge on any atom is 0.416 e. The van der Waals surface area contributed by atoms with Crippen LogP contribution in [0.2, 0.25) is 0 Å². The molecule has 1 aromatic carbocycles. The van der Waals surface area contributed by atoms with Crippen molar-refractivity contribution in [3.8, 4) is 17.3 Å². The number of rotatable bonds is 9. The first kappa shape index (κ1) is 28.8. The molecule has 1 aliphatic heterocycles. The number of pyridine rings is 1. The molecule has 1 aliphatic carbocycles. The highest BCUT2D eigenvalue weighted by atomic mass is 19.4. The normalized spacial score (nSPS) is 17.5. The topological polar surface area (TPSA) is 148 Å². The number of carbonyl (C=O) groups is 2. The summed E-state index contributed by atoms with van der Waals surface area (Å²) in [6.45, 7) is 1.89. The minimum absolute atomic E-state index is 0.132. The monoisotopic (exact) mass is 553 g/mol. The van der Waals surface area contributed by atoms with E-state index in [1.54, 1.807) is 12.3 Å². The Morgan fingerprint density at radius 2 is 1.85 bits per heavy atom. The molecule has 2 fully saturated rings. The van der Waals surface area contributed by atoms with Crippen LogP contribution in [-0.2, 0) is 22.3 Å². The Kier molecular flexibility index (Phi) is 8.54. The van der Waals surface area contributed by atoms with E-state index in [4.69, 9.17) is 11.1 Å². The molecule has 40 heavy (non-hydrogen) atoms. The smallest absolute Gasteiger partial charge is 0.384 e. The molecular weight excluding hydrogens is 523 g/mol. The quantitative estimate of drug-likeness (QED) is 0.212. The number of benzene rings is 1. The molecule has 0 bridgehead atoms. The number of primary amides is 1. The van der Waals surface area contributed by atoms with Gasteiger partial charge in [-0.15, -0.1) is 0 Å². The van der Waals surface area contributed by atoms with Crippen LogP contribution in [0.1, 0.15) is 43.2 Å². The van der Waals surface area contributed by atoms with Gasteiger partial charge in [0.15, 0.2) is 0 Å². The van der Waals surface area contributed by atoms with Crippen LogP contribution in [0.4, 0.5) is 13.2 Å². The zero-order valence-corrected chi connectivity index (χ0v) is 21.7. The predicted octanol–water partition coefficient (Wildman–Crippen LogP) is 3.48. The highest BCUT2D eigenvalue weighted by Crippen LogP contribution is 2.31. The van der Waals surface area contributed by atoms with Gasteiger partial charge in [0.05, 0.1) is 34.9 Å². The second-order valence-electron chi connectivity index (χ2n) is 10.2. The number of aromatic nitrogens is 1. The van der Waals surface area contributed by atoms with E-state index in [2.05, 4.69) is 26.6 Å². The molecule has 2 amide bonds. The average Bonchev–Trinajstić information content (AvgIpc) is 3.76. The van der Waals surface area contributed by atoms with Gasteiger partial charge in [0.2, 0.25) is 5.91 Å². The highest BCUT2D eigenvalue weighted by molar-refractivity contribution is 6.22. The molecule has 0 atom stereocenters. The van der Waals surface area contributed by atoms with Crippen molar-refractivity contribution in [2.45, 2.75) is 50.4 Å². The summed E-state index contributed by atoms with van der Waals surface area (Å²) in [5, 5.41) is 23.1. The summed E-state index contributed by atoms with van der Waals surface area (Å²) in [5.41, 5.74) is 6.06. The number of piperidine rings is 1. The van der Waals surface area contributed by atoms with Crippen LogP contribution in [0.15, 0.2) is 54.4 Å². The predicted molar refractivity (Wildman–Crippen MR) is 141 cm³/mol. The van der Waals surface area contributed by atoms with E-state index in [1.165, 1.54) is 18.3 Å². The highest BCUT2D eigenvalue weighted by Gasteiger charge is 2.35. The Labute approximate surface area is 229 Å². The van der Waals surface area contributed by atoms with E-state index in [0.29, 0.717) is 43.7 Å². The fourth-order valence-electron chi connectivity index (χ4n) is 4.57. The Morgan fingerprint density at radius 3 is 2.38 bits per heavy atom. The number of amidine groups is 1. The second kappa shape index (κ2) is 11.9. The summed E-state index contributed by atoms with van der Waals surface area (Å²) in [4.78, 5) is 30.6. The van der Waals surface area contributed by atoms with Crippen LogP contribution in [-0.4, -0.2) is 46.2 Å². The van der Waals surface area contributed by atoms with E-state index < -0.39 is 23.2 Å². The minimum Gasteiger partial charge on any atom is -0.384 e. The van der Waals surface area contributed by atoms with Gasteiger partial charge in [0.1, 0.15) is 5.84 Å². The van der Waals surface area contributed by atoms with Crippen molar-refractivity contribution in [2.24, 2.45) is 11.7 Å². The maximum absolute atomic E-state index is 12.8. The molecule has 12 heteroatoms. The average molecular weight is 554 g/mol. The van der Waals surface area contributed by atoms with Gasteiger partial charge in [-0.05, 0) is 49.4 Å². The lowest BCUT2D eigenvalue weighted by Gasteiger charge is -2.41. The number of hydrogen-bond donors (Lipinski definition) is 4. The molecule has 5 N–H and O–H groups in total. The third-order valence-electron chi connectivity index (χ3n) is 7.22. The Bertz CT molecular complexity index is 1320. The number of nitrogens with zero attached hydrogens (tertiary/aromatic N) is 3. The molecule has 2 aromatic rings. The number of halogens is 3. The summed E-state index contributed by atoms with van der Waals surface area (Å²) in [7, 11) is 0. The SMILES string of the molecule is N#CCC1(N/C=C(\C(=N)NC(=O)C2CC2)C(N)=O)CCN(Cc2ccc(-c3ccc(C(F)(F)F)cc3)nc2)CC1. The summed E-state index contributed by atoms with van der Waals surface area (Å²) in [6.07, 6.45) is 1.50. The molecule has 0 radical (unpaired) electrons. The summed E-state index contributed by atoms with van der Waals surface area (Å²) in [6, 6.07) is 10.7. The third kappa shape index (κ3) is 7.24. The minimum atomic E-state index is -4.39. The summed E-state index contributed by atoms with van der Waals surface area (Å²) in [5.74, 6) is -1.66. The molecule has 1 saturated carbocycles. The molecule has 2 aliphatic rings. The van der Waals surface area contributed by atoms with Gasteiger partial charge in [-0.25, -0.2) is 0 Å². The van der Waals surface area contributed by atoms with Gasteiger partial charge in [-0.1, -0.05) is 18.2 Å². The fourth-order valence-corrected chi connectivity index (χ4v) is 4.57. The first-order chi connectivity index (χ1) is 19.0. The van der Waals surface area contributed by atoms with E-state index >= 15 is 0 Å². The van der Waals surface area contributed by atoms with Gasteiger partial charge in [0, 0.05) is 43.5 Å². The Balaban J connectivity index is 1.35. The lowest BCUT2D eigenvalue weighted by molar-refractivity contribution is -0.137. The summed E-state index contributed by atoms with van der Waals surface area (Å²) < 4.78 is 38.4. The zero-order chi connectivity index (χ0) is 28.9. The van der Waals surface area contributed by atoms with Crippen LogP contribution < -0.4 is 16.4 Å². The number of nitrogens with two attached hydrogens (primary N) is 1. The number of carbonyl (C=O) groups excluding carboxylic acids is 2. The lowest BCUT2D eigenvalue weighted by atomic mass is 9.84. The number of likely N-dealkylation sites (tertiary alicyclic amines) is 1. The van der Waals surface area contributed by atoms with Crippen LogP contribution in [0.5, 0.6) is 0 Å². The number of nitriles is 1. The third-order valence-corrected chi connectivity index (χ3v) is 7.22. The van der Waals surface area contributed by atoms with Crippen molar-refractivity contribution in [1.82, 2.24) is 20.5 Å². The van der Waals surface area contributed by atoms with E-state index in [1.807, 2.05) is 6.07 Å². The first-order valence-corrected chi connectivity index (χ1v) is 12.9. The zero-order valence-electron chi connectivity index (χ0n) is 21.7. The van der Waals surface area contributed by atoms with Crippen LogP contribution in [0.25, 0.3) is 11.3 Å². The standard InChI is InChI=1S/C28H30F3N7O2/c29-28(30,31)21-6-4-19(5-7-21)23-8-1-18(15-35-23)17-38-13-10-27(9-12-32,11-14-38)36-16-22(25(34)39)24(33)37-26(40)20-2-3-20/h1,4-8,15-16,20,36H,2-3,9-11,13-14,17H2,(H2,34,39)(H2,33,37,40)/b22-16+. The van der Waals surface area contributed by atoms with Gasteiger partial charge >= 0.3 is 6.18 Å². The number of alkyl halides is 3. The van der Waals surface area contributed by atoms with E-state index in [0.717, 1.165) is 30.5 Å².